The summed E-state index contributed by atoms with van der Waals surface area (Å²) in [6, 6.07) is 8.24. The van der Waals surface area contributed by atoms with Crippen molar-refractivity contribution in [1.82, 2.24) is 4.98 Å². The van der Waals surface area contributed by atoms with Gasteiger partial charge in [0.2, 0.25) is 0 Å². The van der Waals surface area contributed by atoms with Crippen molar-refractivity contribution >= 4 is 21.6 Å². The zero-order valence-corrected chi connectivity index (χ0v) is 9.20. The number of benzene rings is 1. The topological polar surface area (TPSA) is 33.1 Å². The summed E-state index contributed by atoms with van der Waals surface area (Å²) in [5.41, 5.74) is 1.10. The second kappa shape index (κ2) is 3.58. The number of hydrogen-bond donors (Lipinski definition) is 1. The molecule has 78 valence electrons. The van der Waals surface area contributed by atoms with Crippen LogP contribution in [0.2, 0.25) is 0 Å². The van der Waals surface area contributed by atoms with E-state index in [4.69, 9.17) is 0 Å². The lowest BCUT2D eigenvalue weighted by molar-refractivity contribution is 0.181. The molecule has 1 saturated carbocycles. The molecule has 1 heterocycles. The molecule has 0 radical (unpaired) electrons. The van der Waals surface area contributed by atoms with Gasteiger partial charge in [0.15, 0.2) is 0 Å². The maximum atomic E-state index is 9.51. The molecule has 0 amide bonds. The summed E-state index contributed by atoms with van der Waals surface area (Å²) in [6.07, 6.45) is 2.79. The van der Waals surface area contributed by atoms with Gasteiger partial charge in [-0.3, -0.25) is 0 Å². The number of aliphatic hydroxyl groups is 1. The summed E-state index contributed by atoms with van der Waals surface area (Å²) in [5.74, 6) is 0.484. The molecule has 1 aliphatic rings. The minimum Gasteiger partial charge on any atom is -0.393 e. The molecule has 2 aromatic rings. The lowest BCUT2D eigenvalue weighted by atomic mass is 10.1. The maximum Gasteiger partial charge on any atom is 0.0970 e. The van der Waals surface area contributed by atoms with E-state index in [1.54, 1.807) is 11.3 Å². The van der Waals surface area contributed by atoms with E-state index < -0.39 is 0 Å². The fourth-order valence-electron chi connectivity index (χ4n) is 2.25. The second-order valence-corrected chi connectivity index (χ2v) is 5.25. The molecule has 1 aliphatic carbocycles. The molecule has 2 nitrogen and oxygen atoms in total. The van der Waals surface area contributed by atoms with Crippen LogP contribution in [0, 0.1) is 0 Å². The predicted octanol–water partition coefficient (Wildman–Crippen LogP) is 2.92. The molecule has 0 bridgehead atoms. The van der Waals surface area contributed by atoms with Gasteiger partial charge < -0.3 is 5.11 Å². The maximum absolute atomic E-state index is 9.51. The van der Waals surface area contributed by atoms with Crippen LogP contribution in [0.3, 0.4) is 0 Å². The van der Waals surface area contributed by atoms with Gasteiger partial charge >= 0.3 is 0 Å². The van der Waals surface area contributed by atoms with Crippen molar-refractivity contribution < 1.29 is 5.11 Å². The van der Waals surface area contributed by atoms with Crippen LogP contribution in [-0.4, -0.2) is 16.2 Å². The van der Waals surface area contributed by atoms with Gasteiger partial charge in [0.25, 0.3) is 0 Å². The van der Waals surface area contributed by atoms with Crippen LogP contribution in [-0.2, 0) is 0 Å². The molecule has 2 atom stereocenters. The Morgan fingerprint density at radius 2 is 2.13 bits per heavy atom. The van der Waals surface area contributed by atoms with Crippen LogP contribution in [0.25, 0.3) is 10.2 Å². The minimum absolute atomic E-state index is 0.109. The smallest absolute Gasteiger partial charge is 0.0970 e. The van der Waals surface area contributed by atoms with E-state index in [-0.39, 0.29) is 6.10 Å². The molecule has 1 aromatic carbocycles. The van der Waals surface area contributed by atoms with Gasteiger partial charge in [-0.15, -0.1) is 11.3 Å². The van der Waals surface area contributed by atoms with E-state index in [9.17, 15) is 5.11 Å². The largest absolute Gasteiger partial charge is 0.393 e. The van der Waals surface area contributed by atoms with Gasteiger partial charge in [-0.05, 0) is 31.4 Å². The molecule has 1 aromatic heterocycles. The number of fused-ring (bicyclic) bond motifs is 1. The summed E-state index contributed by atoms with van der Waals surface area (Å²) in [7, 11) is 0. The van der Waals surface area contributed by atoms with Crippen LogP contribution in [0.1, 0.15) is 30.2 Å². The number of thiazole rings is 1. The molecule has 15 heavy (non-hydrogen) atoms. The summed E-state index contributed by atoms with van der Waals surface area (Å²) in [4.78, 5) is 4.64. The highest BCUT2D eigenvalue weighted by Crippen LogP contribution is 2.37. The molecular formula is C12H13NOS. The molecule has 1 N–H and O–H groups in total. The van der Waals surface area contributed by atoms with E-state index in [1.807, 2.05) is 12.1 Å². The van der Waals surface area contributed by atoms with Gasteiger partial charge in [-0.25, -0.2) is 4.98 Å². The van der Waals surface area contributed by atoms with Crippen molar-refractivity contribution in [3.63, 3.8) is 0 Å². The molecule has 0 aliphatic heterocycles. The van der Waals surface area contributed by atoms with E-state index in [2.05, 4.69) is 17.1 Å². The molecule has 3 rings (SSSR count). The molecular weight excluding hydrogens is 206 g/mol. The predicted molar refractivity (Wildman–Crippen MR) is 62.2 cm³/mol. The Morgan fingerprint density at radius 1 is 1.27 bits per heavy atom. The lowest BCUT2D eigenvalue weighted by Crippen LogP contribution is -1.98. The van der Waals surface area contributed by atoms with E-state index in [1.165, 1.54) is 9.71 Å². The Bertz CT molecular complexity index is 446. The van der Waals surface area contributed by atoms with Crippen molar-refractivity contribution in [1.29, 1.82) is 0 Å². The number of nitrogens with zero attached hydrogens (tertiary/aromatic N) is 1. The zero-order chi connectivity index (χ0) is 10.3. The van der Waals surface area contributed by atoms with Gasteiger partial charge in [0.05, 0.1) is 21.3 Å². The Balaban J connectivity index is 1.98. The Kier molecular flexibility index (Phi) is 2.22. The highest BCUT2D eigenvalue weighted by molar-refractivity contribution is 7.18. The molecule has 2 unspecified atom stereocenters. The molecule has 3 heteroatoms. The third kappa shape index (κ3) is 1.66. The Morgan fingerprint density at radius 3 is 2.87 bits per heavy atom. The van der Waals surface area contributed by atoms with E-state index in [0.717, 1.165) is 24.8 Å². The van der Waals surface area contributed by atoms with Crippen molar-refractivity contribution in [2.24, 2.45) is 0 Å². The third-order valence-electron chi connectivity index (χ3n) is 3.06. The highest BCUT2D eigenvalue weighted by Gasteiger charge is 2.26. The number of aliphatic hydroxyl groups excluding tert-OH is 1. The standard InChI is InChI=1S/C12H13NOS/c14-9-6-5-8(7-9)12-13-10-3-1-2-4-11(10)15-12/h1-4,8-9,14H,5-7H2. The first-order valence-electron chi connectivity index (χ1n) is 5.36. The average molecular weight is 219 g/mol. The Hall–Kier alpha value is -0.930. The number of rotatable bonds is 1. The summed E-state index contributed by atoms with van der Waals surface area (Å²) < 4.78 is 1.26. The minimum atomic E-state index is -0.109. The van der Waals surface area contributed by atoms with Gasteiger partial charge in [0.1, 0.15) is 0 Å². The first-order valence-corrected chi connectivity index (χ1v) is 6.18. The summed E-state index contributed by atoms with van der Waals surface area (Å²) >= 11 is 1.77. The fourth-order valence-corrected chi connectivity index (χ4v) is 3.36. The van der Waals surface area contributed by atoms with Gasteiger partial charge in [-0.1, -0.05) is 12.1 Å². The number of hydrogen-bond acceptors (Lipinski definition) is 3. The van der Waals surface area contributed by atoms with Gasteiger partial charge in [0, 0.05) is 5.92 Å². The van der Waals surface area contributed by atoms with Crippen molar-refractivity contribution in [2.45, 2.75) is 31.3 Å². The van der Waals surface area contributed by atoms with E-state index >= 15 is 0 Å². The molecule has 0 spiro atoms. The highest BCUT2D eigenvalue weighted by atomic mass is 32.1. The summed E-state index contributed by atoms with van der Waals surface area (Å²) in [5, 5.41) is 10.7. The lowest BCUT2D eigenvalue weighted by Gasteiger charge is -2.02. The molecule has 1 fully saturated rings. The van der Waals surface area contributed by atoms with Crippen molar-refractivity contribution in [3.05, 3.63) is 29.3 Å². The zero-order valence-electron chi connectivity index (χ0n) is 8.39. The molecule has 0 saturated heterocycles. The number of para-hydroxylation sites is 1. The van der Waals surface area contributed by atoms with Crippen LogP contribution in [0.15, 0.2) is 24.3 Å². The van der Waals surface area contributed by atoms with Crippen LogP contribution >= 0.6 is 11.3 Å². The quantitative estimate of drug-likeness (QED) is 0.800. The van der Waals surface area contributed by atoms with Crippen LogP contribution in [0.4, 0.5) is 0 Å². The van der Waals surface area contributed by atoms with Crippen molar-refractivity contribution in [2.75, 3.05) is 0 Å². The van der Waals surface area contributed by atoms with Crippen LogP contribution < -0.4 is 0 Å². The van der Waals surface area contributed by atoms with Gasteiger partial charge in [-0.2, -0.15) is 0 Å². The van der Waals surface area contributed by atoms with Crippen LogP contribution in [0.5, 0.6) is 0 Å². The Labute approximate surface area is 92.6 Å². The normalized spacial score (nSPS) is 26.2. The second-order valence-electron chi connectivity index (χ2n) is 4.18. The third-order valence-corrected chi connectivity index (χ3v) is 4.26. The fraction of sp³-hybridized carbons (Fsp3) is 0.417. The van der Waals surface area contributed by atoms with E-state index in [0.29, 0.717) is 5.92 Å². The average Bonchev–Trinajstić information content (AvgIpc) is 2.82. The van der Waals surface area contributed by atoms with Crippen molar-refractivity contribution in [3.8, 4) is 0 Å². The number of aromatic nitrogens is 1. The first kappa shape index (κ1) is 9.31. The summed E-state index contributed by atoms with van der Waals surface area (Å²) in [6.45, 7) is 0. The SMILES string of the molecule is OC1CCC(c2nc3ccccc3s2)C1. The monoisotopic (exact) mass is 219 g/mol. The first-order chi connectivity index (χ1) is 7.33.